The molecule has 0 unspecified atom stereocenters. The fraction of sp³-hybridized carbons (Fsp3) is 0.875. The average Bonchev–Trinajstić information content (AvgIpc) is 2.53. The number of carbonyl (C=O) groups excluding carboxylic acids is 1. The van der Waals surface area contributed by atoms with Crippen LogP contribution in [0.1, 0.15) is 20.3 Å². The van der Waals surface area contributed by atoms with Gasteiger partial charge in [0.15, 0.2) is 11.4 Å². The number of methoxy groups -OCH3 is 1. The van der Waals surface area contributed by atoms with Crippen molar-refractivity contribution in [3.8, 4) is 0 Å². The summed E-state index contributed by atoms with van der Waals surface area (Å²) in [4.78, 5) is 11.2. The van der Waals surface area contributed by atoms with Crippen LogP contribution in [0.4, 0.5) is 0 Å². The molecule has 1 saturated carbocycles. The SMILES string of the molecule is COC(=O)[C@]12C[C@H]1OC(C)(C)O2. The molecule has 1 aliphatic carbocycles. The lowest BCUT2D eigenvalue weighted by Gasteiger charge is -2.21. The molecule has 2 rings (SSSR count). The first-order valence-electron chi connectivity index (χ1n) is 3.97. The lowest BCUT2D eigenvalue weighted by molar-refractivity contribution is -0.194. The molecular weight excluding hydrogens is 160 g/mol. The molecule has 0 aromatic rings. The van der Waals surface area contributed by atoms with Crippen LogP contribution in [0.25, 0.3) is 0 Å². The van der Waals surface area contributed by atoms with E-state index in [0.29, 0.717) is 6.42 Å². The molecule has 1 aliphatic heterocycles. The quantitative estimate of drug-likeness (QED) is 0.539. The van der Waals surface area contributed by atoms with Crippen molar-refractivity contribution < 1.29 is 19.0 Å². The first kappa shape index (κ1) is 8.01. The highest BCUT2D eigenvalue weighted by molar-refractivity contribution is 5.85. The molecule has 0 aromatic carbocycles. The fourth-order valence-electron chi connectivity index (χ4n) is 1.70. The minimum absolute atomic E-state index is 0.0973. The van der Waals surface area contributed by atoms with E-state index in [2.05, 4.69) is 4.74 Å². The number of fused-ring (bicyclic) bond motifs is 1. The molecule has 4 heteroatoms. The number of carbonyl (C=O) groups is 1. The zero-order valence-corrected chi connectivity index (χ0v) is 7.42. The molecule has 2 aliphatic rings. The molecule has 4 nitrogen and oxygen atoms in total. The molecule has 0 amide bonds. The van der Waals surface area contributed by atoms with Gasteiger partial charge in [-0.1, -0.05) is 0 Å². The molecule has 2 atom stereocenters. The van der Waals surface area contributed by atoms with Crippen LogP contribution in [0.5, 0.6) is 0 Å². The highest BCUT2D eigenvalue weighted by Crippen LogP contribution is 2.53. The topological polar surface area (TPSA) is 44.8 Å². The molecule has 0 bridgehead atoms. The van der Waals surface area contributed by atoms with E-state index in [4.69, 9.17) is 9.47 Å². The predicted molar refractivity (Wildman–Crippen MR) is 39.4 cm³/mol. The van der Waals surface area contributed by atoms with E-state index >= 15 is 0 Å². The second-order valence-electron chi connectivity index (χ2n) is 3.69. The van der Waals surface area contributed by atoms with Crippen LogP contribution in [0.3, 0.4) is 0 Å². The molecule has 1 heterocycles. The summed E-state index contributed by atoms with van der Waals surface area (Å²) >= 11 is 0. The van der Waals surface area contributed by atoms with Crippen LogP contribution in [-0.4, -0.2) is 30.6 Å². The summed E-state index contributed by atoms with van der Waals surface area (Å²) in [6.45, 7) is 3.59. The van der Waals surface area contributed by atoms with Gasteiger partial charge in [0.05, 0.1) is 7.11 Å². The van der Waals surface area contributed by atoms with E-state index in [0.717, 1.165) is 0 Å². The Morgan fingerprint density at radius 2 is 2.25 bits per heavy atom. The molecule has 12 heavy (non-hydrogen) atoms. The van der Waals surface area contributed by atoms with E-state index in [1.54, 1.807) is 13.8 Å². The normalized spacial score (nSPS) is 42.1. The largest absolute Gasteiger partial charge is 0.467 e. The zero-order chi connectivity index (χ0) is 8.98. The van der Waals surface area contributed by atoms with Crippen molar-refractivity contribution >= 4 is 5.97 Å². The van der Waals surface area contributed by atoms with Gasteiger partial charge in [-0.15, -0.1) is 0 Å². The van der Waals surface area contributed by atoms with Crippen LogP contribution >= 0.6 is 0 Å². The summed E-state index contributed by atoms with van der Waals surface area (Å²) in [6, 6.07) is 0. The van der Waals surface area contributed by atoms with E-state index < -0.39 is 11.4 Å². The molecule has 0 N–H and O–H groups in total. The molecule has 68 valence electrons. The van der Waals surface area contributed by atoms with Crippen LogP contribution < -0.4 is 0 Å². The zero-order valence-electron chi connectivity index (χ0n) is 7.42. The summed E-state index contributed by atoms with van der Waals surface area (Å²) < 4.78 is 15.5. The molecule has 0 radical (unpaired) electrons. The summed E-state index contributed by atoms with van der Waals surface area (Å²) in [5.74, 6) is -0.963. The van der Waals surface area contributed by atoms with Gasteiger partial charge in [-0.05, 0) is 13.8 Å². The van der Waals surface area contributed by atoms with Gasteiger partial charge in [-0.2, -0.15) is 0 Å². The Morgan fingerprint density at radius 1 is 1.58 bits per heavy atom. The Balaban J connectivity index is 2.14. The van der Waals surface area contributed by atoms with Gasteiger partial charge >= 0.3 is 5.97 Å². The van der Waals surface area contributed by atoms with Crippen molar-refractivity contribution in [1.82, 2.24) is 0 Å². The second kappa shape index (κ2) is 2.00. The Morgan fingerprint density at radius 3 is 2.67 bits per heavy atom. The van der Waals surface area contributed by atoms with E-state index in [1.807, 2.05) is 0 Å². The van der Waals surface area contributed by atoms with Crippen molar-refractivity contribution in [2.45, 2.75) is 37.8 Å². The molecule has 2 fully saturated rings. The molecule has 1 saturated heterocycles. The minimum Gasteiger partial charge on any atom is -0.467 e. The third-order valence-electron chi connectivity index (χ3n) is 2.23. The average molecular weight is 172 g/mol. The Kier molecular flexibility index (Phi) is 1.34. The van der Waals surface area contributed by atoms with Gasteiger partial charge in [0, 0.05) is 6.42 Å². The van der Waals surface area contributed by atoms with Crippen molar-refractivity contribution in [1.29, 1.82) is 0 Å². The van der Waals surface area contributed by atoms with Gasteiger partial charge in [-0.3, -0.25) is 0 Å². The number of ether oxygens (including phenoxy) is 3. The Bertz CT molecular complexity index is 235. The maximum atomic E-state index is 11.2. The number of rotatable bonds is 1. The maximum Gasteiger partial charge on any atom is 0.341 e. The Labute approximate surface area is 70.8 Å². The summed E-state index contributed by atoms with van der Waals surface area (Å²) in [6.07, 6.45) is 0.531. The lowest BCUT2D eigenvalue weighted by Crippen LogP contribution is -2.33. The van der Waals surface area contributed by atoms with Crippen molar-refractivity contribution in [2.75, 3.05) is 7.11 Å². The minimum atomic E-state index is -0.780. The number of esters is 1. The van der Waals surface area contributed by atoms with Gasteiger partial charge < -0.3 is 14.2 Å². The maximum absolute atomic E-state index is 11.2. The van der Waals surface area contributed by atoms with E-state index in [9.17, 15) is 4.79 Å². The second-order valence-corrected chi connectivity index (χ2v) is 3.69. The van der Waals surface area contributed by atoms with Gasteiger partial charge in [0.25, 0.3) is 0 Å². The summed E-state index contributed by atoms with van der Waals surface area (Å²) in [5, 5.41) is 0. The van der Waals surface area contributed by atoms with Crippen LogP contribution in [0, 0.1) is 0 Å². The molecular formula is C8H12O4. The van der Waals surface area contributed by atoms with Gasteiger partial charge in [-0.25, -0.2) is 4.79 Å². The Hall–Kier alpha value is -0.610. The van der Waals surface area contributed by atoms with Crippen LogP contribution in [-0.2, 0) is 19.0 Å². The first-order chi connectivity index (χ1) is 5.50. The highest BCUT2D eigenvalue weighted by atomic mass is 16.8. The first-order valence-corrected chi connectivity index (χ1v) is 3.97. The highest BCUT2D eigenvalue weighted by Gasteiger charge is 2.72. The van der Waals surface area contributed by atoms with E-state index in [-0.39, 0.29) is 12.1 Å². The molecule has 0 aromatic heterocycles. The third kappa shape index (κ3) is 0.881. The van der Waals surface area contributed by atoms with Crippen molar-refractivity contribution in [3.05, 3.63) is 0 Å². The smallest absolute Gasteiger partial charge is 0.341 e. The molecule has 0 spiro atoms. The monoisotopic (exact) mass is 172 g/mol. The van der Waals surface area contributed by atoms with Gasteiger partial charge in [0.1, 0.15) is 6.10 Å². The fourth-order valence-corrected chi connectivity index (χ4v) is 1.70. The number of hydrogen-bond donors (Lipinski definition) is 0. The number of hydrogen-bond acceptors (Lipinski definition) is 4. The predicted octanol–water partition coefficient (Wildman–Crippen LogP) is 0.453. The summed E-state index contributed by atoms with van der Waals surface area (Å²) in [5.41, 5.74) is -0.780. The lowest BCUT2D eigenvalue weighted by atomic mass is 10.3. The van der Waals surface area contributed by atoms with Crippen molar-refractivity contribution in [2.24, 2.45) is 0 Å². The summed E-state index contributed by atoms with van der Waals surface area (Å²) in [7, 11) is 1.36. The third-order valence-corrected chi connectivity index (χ3v) is 2.23. The van der Waals surface area contributed by atoms with Crippen LogP contribution in [0.2, 0.25) is 0 Å². The van der Waals surface area contributed by atoms with Crippen LogP contribution in [0.15, 0.2) is 0 Å². The van der Waals surface area contributed by atoms with Gasteiger partial charge in [0.2, 0.25) is 0 Å². The van der Waals surface area contributed by atoms with E-state index in [1.165, 1.54) is 7.11 Å². The van der Waals surface area contributed by atoms with Crippen molar-refractivity contribution in [3.63, 3.8) is 0 Å². The standard InChI is InChI=1S/C8H12O4/c1-7(2)11-5-4-8(5,12-7)6(9)10-3/h5H,4H2,1-3H3/t5-,8+/m1/s1.